The van der Waals surface area contributed by atoms with Crippen LogP contribution in [0.1, 0.15) is 44.5 Å². The number of aryl methyl sites for hydroxylation is 3. The monoisotopic (exact) mass is 399 g/mol. The van der Waals surface area contributed by atoms with Crippen molar-refractivity contribution in [2.24, 2.45) is 0 Å². The van der Waals surface area contributed by atoms with Crippen LogP contribution in [0.25, 0.3) is 5.69 Å². The van der Waals surface area contributed by atoms with Gasteiger partial charge in [-0.05, 0) is 63.6 Å². The molecule has 28 heavy (non-hydrogen) atoms. The minimum Gasteiger partial charge on any atom is -0.333 e. The Kier molecular flexibility index (Phi) is 5.47. The number of rotatable bonds is 4. The number of thiazole rings is 1. The predicted octanol–water partition coefficient (Wildman–Crippen LogP) is 4.19. The fourth-order valence-electron chi connectivity index (χ4n) is 3.16. The number of halogens is 1. The van der Waals surface area contributed by atoms with E-state index in [1.165, 1.54) is 28.8 Å². The number of nitrogens with zero attached hydrogens (tertiary/aromatic N) is 3. The van der Waals surface area contributed by atoms with Crippen molar-refractivity contribution in [1.29, 1.82) is 0 Å². The van der Waals surface area contributed by atoms with Crippen LogP contribution in [0.15, 0.2) is 41.3 Å². The van der Waals surface area contributed by atoms with Gasteiger partial charge in [-0.25, -0.2) is 9.37 Å². The summed E-state index contributed by atoms with van der Waals surface area (Å²) in [6.07, 6.45) is 1.60. The summed E-state index contributed by atoms with van der Waals surface area (Å²) in [7, 11) is 1.68. The molecule has 0 aliphatic rings. The van der Waals surface area contributed by atoms with Crippen molar-refractivity contribution in [3.63, 3.8) is 0 Å². The summed E-state index contributed by atoms with van der Waals surface area (Å²) in [5, 5.41) is 0.940. The Balaban J connectivity index is 2.01. The molecule has 1 aromatic carbocycles. The Labute approximate surface area is 167 Å². The van der Waals surface area contributed by atoms with Gasteiger partial charge in [0.1, 0.15) is 11.4 Å². The molecule has 0 aliphatic carbocycles. The summed E-state index contributed by atoms with van der Waals surface area (Å²) in [6.45, 7) is 7.54. The first-order valence-corrected chi connectivity index (χ1v) is 9.71. The second-order valence-corrected chi connectivity index (χ2v) is 8.20. The number of amides is 1. The molecule has 2 heterocycles. The minimum atomic E-state index is -0.429. The lowest BCUT2D eigenvalue weighted by Crippen LogP contribution is -2.36. The molecule has 146 valence electrons. The van der Waals surface area contributed by atoms with E-state index in [0.717, 1.165) is 15.6 Å². The van der Waals surface area contributed by atoms with E-state index in [4.69, 9.17) is 0 Å². The van der Waals surface area contributed by atoms with Gasteiger partial charge in [-0.3, -0.25) is 14.2 Å². The van der Waals surface area contributed by atoms with Crippen LogP contribution in [-0.2, 0) is 0 Å². The molecule has 1 amide bonds. The Hall–Kier alpha value is -2.80. The lowest BCUT2D eigenvalue weighted by atomic mass is 10.1. The quantitative estimate of drug-likeness (QED) is 0.661. The smallest absolute Gasteiger partial charge is 0.268 e. The zero-order chi connectivity index (χ0) is 20.6. The maximum absolute atomic E-state index is 13.2. The van der Waals surface area contributed by atoms with Crippen LogP contribution < -0.4 is 5.56 Å². The lowest BCUT2D eigenvalue weighted by molar-refractivity contribution is 0.0737. The average molecular weight is 399 g/mol. The summed E-state index contributed by atoms with van der Waals surface area (Å²) in [5.41, 5.74) is 1.61. The van der Waals surface area contributed by atoms with Crippen molar-refractivity contribution >= 4 is 17.2 Å². The fraction of sp³-hybridized carbons (Fsp3) is 0.286. The van der Waals surface area contributed by atoms with Crippen LogP contribution in [0, 0.1) is 26.6 Å². The van der Waals surface area contributed by atoms with Gasteiger partial charge in [-0.1, -0.05) is 0 Å². The molecule has 3 aromatic rings. The second-order valence-electron chi connectivity index (χ2n) is 6.79. The van der Waals surface area contributed by atoms with Crippen molar-refractivity contribution < 1.29 is 9.18 Å². The van der Waals surface area contributed by atoms with Crippen LogP contribution in [0.3, 0.4) is 0 Å². The molecular formula is C21H22FN3O2S. The number of benzene rings is 1. The van der Waals surface area contributed by atoms with Gasteiger partial charge >= 0.3 is 0 Å². The first-order chi connectivity index (χ1) is 13.2. The Bertz CT molecular complexity index is 1090. The number of hydrogen-bond donors (Lipinski definition) is 0. The highest BCUT2D eigenvalue weighted by Crippen LogP contribution is 2.27. The molecule has 2 aromatic heterocycles. The maximum atomic E-state index is 13.2. The van der Waals surface area contributed by atoms with Crippen LogP contribution in [0.4, 0.5) is 4.39 Å². The highest BCUT2D eigenvalue weighted by molar-refractivity contribution is 7.11. The zero-order valence-corrected chi connectivity index (χ0v) is 17.3. The van der Waals surface area contributed by atoms with Crippen molar-refractivity contribution in [1.82, 2.24) is 14.5 Å². The van der Waals surface area contributed by atoms with Gasteiger partial charge in [0.05, 0.1) is 16.7 Å². The number of pyridine rings is 1. The molecule has 1 unspecified atom stereocenters. The van der Waals surface area contributed by atoms with E-state index in [-0.39, 0.29) is 23.3 Å². The molecular weight excluding hydrogens is 377 g/mol. The van der Waals surface area contributed by atoms with E-state index in [2.05, 4.69) is 4.98 Å². The fourth-order valence-corrected chi connectivity index (χ4v) is 4.07. The number of hydrogen-bond acceptors (Lipinski definition) is 4. The van der Waals surface area contributed by atoms with Gasteiger partial charge in [-0.2, -0.15) is 0 Å². The molecule has 0 saturated carbocycles. The Morgan fingerprint density at radius 2 is 1.82 bits per heavy atom. The van der Waals surface area contributed by atoms with Gasteiger partial charge in [0, 0.05) is 23.8 Å². The summed E-state index contributed by atoms with van der Waals surface area (Å²) < 4.78 is 14.6. The van der Waals surface area contributed by atoms with E-state index in [1.807, 2.05) is 20.8 Å². The first-order valence-electron chi connectivity index (χ1n) is 8.90. The molecule has 0 spiro atoms. The molecule has 0 aliphatic heterocycles. The normalized spacial score (nSPS) is 12.1. The van der Waals surface area contributed by atoms with Gasteiger partial charge in [0.15, 0.2) is 0 Å². The molecule has 3 rings (SSSR count). The Morgan fingerprint density at radius 1 is 1.18 bits per heavy atom. The summed E-state index contributed by atoms with van der Waals surface area (Å²) in [4.78, 5) is 33.4. The highest BCUT2D eigenvalue weighted by atomic mass is 32.1. The molecule has 0 radical (unpaired) electrons. The standard InChI is InChI=1S/C21H22FN3O2S/c1-12-10-11-25(17-8-6-16(22)7-9-17)21(27)18(12)20(26)24(5)13(2)19-14(3)28-15(4)23-19/h6-11,13H,1-5H3. The molecule has 5 nitrogen and oxygen atoms in total. The van der Waals surface area contributed by atoms with E-state index in [9.17, 15) is 14.0 Å². The van der Waals surface area contributed by atoms with E-state index in [1.54, 1.807) is 42.5 Å². The van der Waals surface area contributed by atoms with Crippen LogP contribution in [0.5, 0.6) is 0 Å². The van der Waals surface area contributed by atoms with Crippen molar-refractivity contribution in [2.75, 3.05) is 7.05 Å². The number of carbonyl (C=O) groups excluding carboxylic acids is 1. The van der Waals surface area contributed by atoms with Crippen LogP contribution in [-0.4, -0.2) is 27.4 Å². The molecule has 7 heteroatoms. The van der Waals surface area contributed by atoms with Gasteiger partial charge in [0.2, 0.25) is 0 Å². The second kappa shape index (κ2) is 7.67. The molecule has 0 fully saturated rings. The Morgan fingerprint density at radius 3 is 2.39 bits per heavy atom. The lowest BCUT2D eigenvalue weighted by Gasteiger charge is -2.25. The zero-order valence-electron chi connectivity index (χ0n) is 16.5. The van der Waals surface area contributed by atoms with Crippen molar-refractivity contribution in [2.45, 2.75) is 33.7 Å². The predicted molar refractivity (Wildman–Crippen MR) is 109 cm³/mol. The van der Waals surface area contributed by atoms with Gasteiger partial charge < -0.3 is 4.90 Å². The molecule has 0 N–H and O–H groups in total. The summed E-state index contributed by atoms with van der Waals surface area (Å²) in [5.74, 6) is -0.751. The van der Waals surface area contributed by atoms with Gasteiger partial charge in [0.25, 0.3) is 11.5 Å². The number of carbonyl (C=O) groups is 1. The average Bonchev–Trinajstić information content (AvgIpc) is 2.99. The summed E-state index contributed by atoms with van der Waals surface area (Å²) in [6, 6.07) is 7.03. The van der Waals surface area contributed by atoms with Crippen LogP contribution >= 0.6 is 11.3 Å². The molecule has 1 atom stereocenters. The van der Waals surface area contributed by atoms with Crippen molar-refractivity contribution in [3.8, 4) is 5.69 Å². The van der Waals surface area contributed by atoms with Crippen LogP contribution in [0.2, 0.25) is 0 Å². The highest BCUT2D eigenvalue weighted by Gasteiger charge is 2.26. The third-order valence-electron chi connectivity index (χ3n) is 4.86. The third-order valence-corrected chi connectivity index (χ3v) is 5.76. The van der Waals surface area contributed by atoms with E-state index < -0.39 is 5.56 Å². The maximum Gasteiger partial charge on any atom is 0.268 e. The van der Waals surface area contributed by atoms with E-state index in [0.29, 0.717) is 11.3 Å². The van der Waals surface area contributed by atoms with Crippen molar-refractivity contribution in [3.05, 3.63) is 79.4 Å². The minimum absolute atomic E-state index is 0.103. The van der Waals surface area contributed by atoms with E-state index >= 15 is 0 Å². The largest absolute Gasteiger partial charge is 0.333 e. The SMILES string of the molecule is Cc1nc(C(C)N(C)C(=O)c2c(C)ccn(-c3ccc(F)cc3)c2=O)c(C)s1. The number of aromatic nitrogens is 2. The molecule has 0 bridgehead atoms. The third kappa shape index (κ3) is 3.62. The first kappa shape index (κ1) is 19.9. The van der Waals surface area contributed by atoms with Gasteiger partial charge in [-0.15, -0.1) is 11.3 Å². The topological polar surface area (TPSA) is 55.2 Å². The summed E-state index contributed by atoms with van der Waals surface area (Å²) >= 11 is 1.58. The molecule has 0 saturated heterocycles.